The van der Waals surface area contributed by atoms with Crippen LogP contribution in [-0.2, 0) is 16.0 Å². The summed E-state index contributed by atoms with van der Waals surface area (Å²) in [4.78, 5) is 14.6. The predicted octanol–water partition coefficient (Wildman–Crippen LogP) is 2.82. The molecule has 1 fully saturated rings. The molecule has 0 aromatic heterocycles. The summed E-state index contributed by atoms with van der Waals surface area (Å²) in [6.45, 7) is 5.89. The molecule has 1 atom stereocenters. The van der Waals surface area contributed by atoms with Gasteiger partial charge in [0.05, 0.1) is 19.3 Å². The topological polar surface area (TPSA) is 50.8 Å². The maximum Gasteiger partial charge on any atom is 0.258 e. The van der Waals surface area contributed by atoms with Crippen molar-refractivity contribution in [3.8, 4) is 5.75 Å². The number of nitrogens with one attached hydrogen (secondary N) is 1. The fraction of sp³-hybridized carbons (Fsp3) is 0.409. The highest BCUT2D eigenvalue weighted by Crippen LogP contribution is 2.21. The number of rotatable bonds is 8. The summed E-state index contributed by atoms with van der Waals surface area (Å²) in [5.41, 5.74) is 2.46. The van der Waals surface area contributed by atoms with Gasteiger partial charge in [-0.2, -0.15) is 0 Å². The van der Waals surface area contributed by atoms with Crippen LogP contribution in [0, 0.1) is 0 Å². The van der Waals surface area contributed by atoms with E-state index in [9.17, 15) is 4.79 Å². The second kappa shape index (κ2) is 10.1. The predicted molar refractivity (Wildman–Crippen MR) is 106 cm³/mol. The molecule has 0 aliphatic carbocycles. The highest BCUT2D eigenvalue weighted by molar-refractivity contribution is 5.77. The molecule has 3 rings (SSSR count). The lowest BCUT2D eigenvalue weighted by Gasteiger charge is -2.34. The smallest absolute Gasteiger partial charge is 0.258 e. The Labute approximate surface area is 161 Å². The molecule has 0 spiro atoms. The van der Waals surface area contributed by atoms with Crippen LogP contribution in [-0.4, -0.2) is 50.3 Å². The molecule has 2 aromatic carbocycles. The van der Waals surface area contributed by atoms with Crippen LogP contribution in [0.3, 0.4) is 0 Å². The van der Waals surface area contributed by atoms with Crippen molar-refractivity contribution in [1.82, 2.24) is 10.2 Å². The fourth-order valence-corrected chi connectivity index (χ4v) is 3.25. The molecule has 0 bridgehead atoms. The van der Waals surface area contributed by atoms with Crippen molar-refractivity contribution in [3.63, 3.8) is 0 Å². The Morgan fingerprint density at radius 2 is 1.81 bits per heavy atom. The van der Waals surface area contributed by atoms with E-state index in [1.54, 1.807) is 0 Å². The van der Waals surface area contributed by atoms with Gasteiger partial charge in [-0.05, 0) is 29.7 Å². The largest absolute Gasteiger partial charge is 0.484 e. The lowest BCUT2D eigenvalue weighted by atomic mass is 10.0. The molecule has 1 N–H and O–H groups in total. The van der Waals surface area contributed by atoms with Crippen LogP contribution in [0.1, 0.15) is 24.1 Å². The van der Waals surface area contributed by atoms with Gasteiger partial charge in [0.15, 0.2) is 6.61 Å². The summed E-state index contributed by atoms with van der Waals surface area (Å²) in [6, 6.07) is 18.3. The third kappa shape index (κ3) is 5.81. The summed E-state index contributed by atoms with van der Waals surface area (Å²) in [6.07, 6.45) is 0.989. The third-order valence-corrected chi connectivity index (χ3v) is 4.86. The van der Waals surface area contributed by atoms with E-state index >= 15 is 0 Å². The Kier molecular flexibility index (Phi) is 7.25. The number of benzene rings is 2. The summed E-state index contributed by atoms with van der Waals surface area (Å²) >= 11 is 0. The third-order valence-electron chi connectivity index (χ3n) is 4.86. The van der Waals surface area contributed by atoms with Crippen LogP contribution in [0.4, 0.5) is 0 Å². The van der Waals surface area contributed by atoms with Crippen molar-refractivity contribution in [2.24, 2.45) is 0 Å². The van der Waals surface area contributed by atoms with Crippen LogP contribution in [0.25, 0.3) is 0 Å². The monoisotopic (exact) mass is 368 g/mol. The molecule has 2 aromatic rings. The molecule has 0 radical (unpaired) electrons. The number of amides is 1. The minimum Gasteiger partial charge on any atom is -0.484 e. The van der Waals surface area contributed by atoms with E-state index in [0.717, 1.165) is 38.5 Å². The maximum absolute atomic E-state index is 12.3. The number of ether oxygens (including phenoxy) is 2. The molecule has 5 heteroatoms. The number of carbonyl (C=O) groups is 1. The maximum atomic E-state index is 12.3. The molecular weight excluding hydrogens is 340 g/mol. The second-order valence-electron chi connectivity index (χ2n) is 6.67. The van der Waals surface area contributed by atoms with Crippen LogP contribution in [0.5, 0.6) is 5.75 Å². The molecule has 144 valence electrons. The number of morpholine rings is 1. The molecule has 1 aliphatic rings. The number of carbonyl (C=O) groups excluding carboxylic acids is 1. The molecule has 1 amide bonds. The highest BCUT2D eigenvalue weighted by Gasteiger charge is 2.23. The zero-order valence-electron chi connectivity index (χ0n) is 15.9. The molecule has 1 aliphatic heterocycles. The minimum atomic E-state index is -0.108. The highest BCUT2D eigenvalue weighted by atomic mass is 16.5. The number of nitrogens with zero attached hydrogens (tertiary/aromatic N) is 1. The molecular formula is C22H28N2O3. The molecule has 5 nitrogen and oxygen atoms in total. The Morgan fingerprint density at radius 3 is 2.48 bits per heavy atom. The number of hydrogen-bond donors (Lipinski definition) is 1. The van der Waals surface area contributed by atoms with Crippen molar-refractivity contribution >= 4 is 5.91 Å². The normalized spacial score (nSPS) is 15.9. The van der Waals surface area contributed by atoms with E-state index in [4.69, 9.17) is 9.47 Å². The van der Waals surface area contributed by atoms with Gasteiger partial charge in [-0.3, -0.25) is 9.69 Å². The van der Waals surface area contributed by atoms with Gasteiger partial charge in [0.25, 0.3) is 5.91 Å². The summed E-state index contributed by atoms with van der Waals surface area (Å²) in [5.74, 6) is 0.610. The van der Waals surface area contributed by atoms with Gasteiger partial charge >= 0.3 is 0 Å². The van der Waals surface area contributed by atoms with Gasteiger partial charge in [-0.25, -0.2) is 0 Å². The first kappa shape index (κ1) is 19.4. The molecule has 1 heterocycles. The standard InChI is InChI=1S/C22H28N2O3/c1-2-18-8-10-20(11-9-18)27-17-22(25)23-16-21(19-6-4-3-5-7-19)24-12-14-26-15-13-24/h3-11,21H,2,12-17H2,1H3,(H,23,25)/t21-/m0/s1. The van der Waals surface area contributed by atoms with E-state index < -0.39 is 0 Å². The second-order valence-corrected chi connectivity index (χ2v) is 6.67. The van der Waals surface area contributed by atoms with E-state index in [1.807, 2.05) is 42.5 Å². The van der Waals surface area contributed by atoms with Gasteiger partial charge < -0.3 is 14.8 Å². The van der Waals surface area contributed by atoms with E-state index in [-0.39, 0.29) is 18.6 Å². The average molecular weight is 368 g/mol. The number of hydrogen-bond acceptors (Lipinski definition) is 4. The quantitative estimate of drug-likeness (QED) is 0.778. The van der Waals surface area contributed by atoms with E-state index in [2.05, 4.69) is 29.3 Å². The zero-order valence-corrected chi connectivity index (χ0v) is 15.9. The fourth-order valence-electron chi connectivity index (χ4n) is 3.25. The Hall–Kier alpha value is -2.37. The van der Waals surface area contributed by atoms with E-state index in [0.29, 0.717) is 6.54 Å². The number of aryl methyl sites for hydroxylation is 1. The summed E-state index contributed by atoms with van der Waals surface area (Å²) in [5, 5.41) is 3.02. The van der Waals surface area contributed by atoms with Crippen molar-refractivity contribution in [3.05, 3.63) is 65.7 Å². The van der Waals surface area contributed by atoms with Crippen molar-refractivity contribution in [1.29, 1.82) is 0 Å². The van der Waals surface area contributed by atoms with Crippen LogP contribution in [0.15, 0.2) is 54.6 Å². The Morgan fingerprint density at radius 1 is 1.11 bits per heavy atom. The Balaban J connectivity index is 1.53. The Bertz CT molecular complexity index is 697. The van der Waals surface area contributed by atoms with Gasteiger partial charge in [-0.1, -0.05) is 49.4 Å². The lowest BCUT2D eigenvalue weighted by Crippen LogP contribution is -2.44. The van der Waals surface area contributed by atoms with Crippen LogP contribution < -0.4 is 10.1 Å². The van der Waals surface area contributed by atoms with Gasteiger partial charge in [0.2, 0.25) is 0 Å². The summed E-state index contributed by atoms with van der Waals surface area (Å²) in [7, 11) is 0. The van der Waals surface area contributed by atoms with Crippen LogP contribution >= 0.6 is 0 Å². The SMILES string of the molecule is CCc1ccc(OCC(=O)NC[C@@H](c2ccccc2)N2CCOCC2)cc1. The summed E-state index contributed by atoms with van der Waals surface area (Å²) < 4.78 is 11.1. The average Bonchev–Trinajstić information content (AvgIpc) is 2.74. The molecule has 0 unspecified atom stereocenters. The zero-order chi connectivity index (χ0) is 18.9. The first-order valence-corrected chi connectivity index (χ1v) is 9.61. The van der Waals surface area contributed by atoms with Crippen molar-refractivity contribution in [2.45, 2.75) is 19.4 Å². The van der Waals surface area contributed by atoms with Gasteiger partial charge in [0, 0.05) is 19.6 Å². The van der Waals surface area contributed by atoms with Gasteiger partial charge in [0.1, 0.15) is 5.75 Å². The van der Waals surface area contributed by atoms with E-state index in [1.165, 1.54) is 11.1 Å². The molecule has 1 saturated heterocycles. The minimum absolute atomic E-state index is 0.0239. The molecule has 27 heavy (non-hydrogen) atoms. The lowest BCUT2D eigenvalue weighted by molar-refractivity contribution is -0.123. The first-order chi connectivity index (χ1) is 13.3. The van der Waals surface area contributed by atoms with Crippen molar-refractivity contribution in [2.75, 3.05) is 39.5 Å². The first-order valence-electron chi connectivity index (χ1n) is 9.61. The van der Waals surface area contributed by atoms with Crippen LogP contribution in [0.2, 0.25) is 0 Å². The molecule has 0 saturated carbocycles. The van der Waals surface area contributed by atoms with Crippen molar-refractivity contribution < 1.29 is 14.3 Å². The van der Waals surface area contributed by atoms with Gasteiger partial charge in [-0.15, -0.1) is 0 Å².